The molecule has 3 aromatic rings. The zero-order chi connectivity index (χ0) is 25.8. The molecule has 2 aliphatic heterocycles. The number of fused-ring (bicyclic) bond motifs is 1. The minimum absolute atomic E-state index is 0.0486. The SMILES string of the molecule is CN(C)CCCN1CCN(C(=O)c2nnc(N3CCN(c4ccccc4F)CC3)c3ccccc23)CC1. The molecule has 0 bridgehead atoms. The lowest BCUT2D eigenvalue weighted by molar-refractivity contribution is 0.0629. The molecule has 0 spiro atoms. The van der Waals surface area contributed by atoms with E-state index in [1.807, 2.05) is 41.3 Å². The van der Waals surface area contributed by atoms with Crippen molar-refractivity contribution in [2.45, 2.75) is 6.42 Å². The van der Waals surface area contributed by atoms with E-state index in [1.54, 1.807) is 6.07 Å². The van der Waals surface area contributed by atoms with E-state index >= 15 is 0 Å². The number of carbonyl (C=O) groups is 1. The summed E-state index contributed by atoms with van der Waals surface area (Å²) in [6, 6.07) is 14.8. The van der Waals surface area contributed by atoms with Gasteiger partial charge in [0.1, 0.15) is 5.82 Å². The van der Waals surface area contributed by atoms with Crippen molar-refractivity contribution < 1.29 is 9.18 Å². The first-order valence-corrected chi connectivity index (χ1v) is 13.2. The summed E-state index contributed by atoms with van der Waals surface area (Å²) >= 11 is 0. The van der Waals surface area contributed by atoms with E-state index in [4.69, 9.17) is 0 Å². The Morgan fingerprint density at radius 2 is 1.49 bits per heavy atom. The highest BCUT2D eigenvalue weighted by atomic mass is 19.1. The summed E-state index contributed by atoms with van der Waals surface area (Å²) in [7, 11) is 4.19. The molecule has 8 nitrogen and oxygen atoms in total. The van der Waals surface area contributed by atoms with E-state index in [2.05, 4.69) is 43.9 Å². The van der Waals surface area contributed by atoms with Crippen molar-refractivity contribution >= 4 is 28.2 Å². The first-order valence-electron chi connectivity index (χ1n) is 13.2. The van der Waals surface area contributed by atoms with Crippen LogP contribution in [0.15, 0.2) is 48.5 Å². The normalized spacial score (nSPS) is 17.1. The third-order valence-corrected chi connectivity index (χ3v) is 7.38. The average molecular weight is 506 g/mol. The van der Waals surface area contributed by atoms with Crippen LogP contribution in [0.3, 0.4) is 0 Å². The number of anilines is 2. The summed E-state index contributed by atoms with van der Waals surface area (Å²) in [5.41, 5.74) is 1.06. The van der Waals surface area contributed by atoms with Crippen molar-refractivity contribution in [2.75, 3.05) is 89.3 Å². The molecule has 2 saturated heterocycles. The Morgan fingerprint density at radius 3 is 2.19 bits per heavy atom. The number of amides is 1. The number of aromatic nitrogens is 2. The number of nitrogens with zero attached hydrogens (tertiary/aromatic N) is 7. The molecule has 0 atom stereocenters. The predicted octanol–water partition coefficient (Wildman–Crippen LogP) is 2.81. The van der Waals surface area contributed by atoms with Gasteiger partial charge in [-0.2, -0.15) is 0 Å². The number of para-hydroxylation sites is 1. The van der Waals surface area contributed by atoms with Gasteiger partial charge in [-0.3, -0.25) is 9.69 Å². The van der Waals surface area contributed by atoms with E-state index in [0.717, 1.165) is 49.2 Å². The van der Waals surface area contributed by atoms with Crippen LogP contribution in [-0.4, -0.2) is 110 Å². The number of carbonyl (C=O) groups excluding carboxylic acids is 1. The molecule has 3 heterocycles. The lowest BCUT2D eigenvalue weighted by Crippen LogP contribution is -2.49. The third kappa shape index (κ3) is 5.67. The largest absolute Gasteiger partial charge is 0.366 e. The number of hydrogen-bond acceptors (Lipinski definition) is 7. The van der Waals surface area contributed by atoms with Gasteiger partial charge in [0, 0.05) is 63.1 Å². The zero-order valence-electron chi connectivity index (χ0n) is 21.8. The highest BCUT2D eigenvalue weighted by molar-refractivity contribution is 6.07. The first-order chi connectivity index (χ1) is 18.0. The maximum absolute atomic E-state index is 14.3. The predicted molar refractivity (Wildman–Crippen MR) is 146 cm³/mol. The molecule has 1 aromatic heterocycles. The number of rotatable bonds is 7. The number of hydrogen-bond donors (Lipinski definition) is 0. The fraction of sp³-hybridized carbons (Fsp3) is 0.464. The first kappa shape index (κ1) is 25.4. The van der Waals surface area contributed by atoms with E-state index < -0.39 is 0 Å². The molecule has 1 amide bonds. The van der Waals surface area contributed by atoms with Gasteiger partial charge in [0.2, 0.25) is 0 Å². The second-order valence-electron chi connectivity index (χ2n) is 10.1. The molecule has 0 saturated carbocycles. The number of benzene rings is 2. The van der Waals surface area contributed by atoms with Crippen molar-refractivity contribution in [3.05, 3.63) is 60.0 Å². The molecule has 5 rings (SSSR count). The Kier molecular flexibility index (Phi) is 7.81. The Hall–Kier alpha value is -3.30. The molecule has 0 radical (unpaired) electrons. The summed E-state index contributed by atoms with van der Waals surface area (Å²) < 4.78 is 14.3. The maximum Gasteiger partial charge on any atom is 0.275 e. The summed E-state index contributed by atoms with van der Waals surface area (Å²) in [6.45, 7) is 8.10. The van der Waals surface area contributed by atoms with Gasteiger partial charge in [-0.05, 0) is 45.7 Å². The molecule has 2 aliphatic rings. The Labute approximate surface area is 218 Å². The molecule has 2 aromatic carbocycles. The Morgan fingerprint density at radius 1 is 0.838 bits per heavy atom. The quantitative estimate of drug-likeness (QED) is 0.490. The summed E-state index contributed by atoms with van der Waals surface area (Å²) in [5, 5.41) is 10.8. The van der Waals surface area contributed by atoms with Gasteiger partial charge in [0.25, 0.3) is 5.91 Å². The molecule has 0 aliphatic carbocycles. The van der Waals surface area contributed by atoms with Crippen LogP contribution in [0.1, 0.15) is 16.9 Å². The van der Waals surface area contributed by atoms with Crippen molar-refractivity contribution in [1.82, 2.24) is 24.9 Å². The van der Waals surface area contributed by atoms with Gasteiger partial charge < -0.3 is 19.6 Å². The maximum atomic E-state index is 14.3. The van der Waals surface area contributed by atoms with E-state index in [0.29, 0.717) is 50.6 Å². The molecular formula is C28H36FN7O. The van der Waals surface area contributed by atoms with E-state index in [1.165, 1.54) is 6.07 Å². The van der Waals surface area contributed by atoms with Crippen LogP contribution in [0.2, 0.25) is 0 Å². The van der Waals surface area contributed by atoms with Crippen LogP contribution < -0.4 is 9.80 Å². The summed E-state index contributed by atoms with van der Waals surface area (Å²) in [5.74, 6) is 0.539. The molecule has 37 heavy (non-hydrogen) atoms. The van der Waals surface area contributed by atoms with Crippen molar-refractivity contribution in [2.24, 2.45) is 0 Å². The van der Waals surface area contributed by atoms with Crippen molar-refractivity contribution in [1.29, 1.82) is 0 Å². The second-order valence-corrected chi connectivity index (χ2v) is 10.1. The van der Waals surface area contributed by atoms with E-state index in [-0.39, 0.29) is 11.7 Å². The summed E-state index contributed by atoms with van der Waals surface area (Å²) in [4.78, 5) is 24.3. The fourth-order valence-electron chi connectivity index (χ4n) is 5.28. The van der Waals surface area contributed by atoms with Crippen LogP contribution >= 0.6 is 0 Å². The van der Waals surface area contributed by atoms with Gasteiger partial charge in [0.15, 0.2) is 11.5 Å². The Balaban J connectivity index is 1.27. The van der Waals surface area contributed by atoms with E-state index in [9.17, 15) is 9.18 Å². The monoisotopic (exact) mass is 505 g/mol. The highest BCUT2D eigenvalue weighted by Gasteiger charge is 2.27. The van der Waals surface area contributed by atoms with Crippen molar-refractivity contribution in [3.63, 3.8) is 0 Å². The molecule has 0 unspecified atom stereocenters. The lowest BCUT2D eigenvalue weighted by atomic mass is 10.1. The van der Waals surface area contributed by atoms with Gasteiger partial charge in [-0.1, -0.05) is 36.4 Å². The molecule has 196 valence electrons. The third-order valence-electron chi connectivity index (χ3n) is 7.38. The smallest absolute Gasteiger partial charge is 0.275 e. The standard InChI is InChI=1S/C28H36FN7O/c1-32(2)12-7-13-33-14-16-36(17-15-33)28(37)26-22-8-3-4-9-23(22)27(31-30-26)35-20-18-34(19-21-35)25-11-6-5-10-24(25)29/h3-6,8-11H,7,12-21H2,1-2H3. The fourth-order valence-corrected chi connectivity index (χ4v) is 5.28. The van der Waals surface area contributed by atoms with Crippen LogP contribution in [0.5, 0.6) is 0 Å². The van der Waals surface area contributed by atoms with Crippen LogP contribution in [0.4, 0.5) is 15.9 Å². The van der Waals surface area contributed by atoms with Gasteiger partial charge in [0.05, 0.1) is 5.69 Å². The number of piperazine rings is 2. The van der Waals surface area contributed by atoms with Crippen LogP contribution in [0.25, 0.3) is 10.8 Å². The second kappa shape index (κ2) is 11.4. The Bertz CT molecular complexity index is 1220. The molecule has 2 fully saturated rings. The highest BCUT2D eigenvalue weighted by Crippen LogP contribution is 2.29. The molecule has 0 N–H and O–H groups in total. The summed E-state index contributed by atoms with van der Waals surface area (Å²) in [6.07, 6.45) is 1.13. The zero-order valence-corrected chi connectivity index (χ0v) is 21.8. The van der Waals surface area contributed by atoms with Crippen LogP contribution in [0, 0.1) is 5.82 Å². The van der Waals surface area contributed by atoms with Crippen molar-refractivity contribution in [3.8, 4) is 0 Å². The van der Waals surface area contributed by atoms with Gasteiger partial charge >= 0.3 is 0 Å². The number of halogens is 1. The minimum Gasteiger partial charge on any atom is -0.366 e. The van der Waals surface area contributed by atoms with Crippen LogP contribution in [-0.2, 0) is 0 Å². The molecule has 9 heteroatoms. The topological polar surface area (TPSA) is 59.1 Å². The average Bonchev–Trinajstić information content (AvgIpc) is 2.93. The lowest BCUT2D eigenvalue weighted by Gasteiger charge is -2.37. The minimum atomic E-state index is -0.196. The van der Waals surface area contributed by atoms with Gasteiger partial charge in [-0.25, -0.2) is 4.39 Å². The van der Waals surface area contributed by atoms with Gasteiger partial charge in [-0.15, -0.1) is 10.2 Å². The molecular weight excluding hydrogens is 469 g/mol.